The number of nitrogens with zero attached hydrogens (tertiary/aromatic N) is 1. The lowest BCUT2D eigenvalue weighted by Crippen LogP contribution is -1.90. The van der Waals surface area contributed by atoms with E-state index < -0.39 is 0 Å². The predicted octanol–water partition coefficient (Wildman–Crippen LogP) is 9.41. The van der Waals surface area contributed by atoms with E-state index in [2.05, 4.69) is 95.8 Å². The fourth-order valence-corrected chi connectivity index (χ4v) is 3.89. The van der Waals surface area contributed by atoms with Crippen molar-refractivity contribution in [3.05, 3.63) is 157 Å². The molecule has 36 heavy (non-hydrogen) atoms. The van der Waals surface area contributed by atoms with Crippen LogP contribution in [0.4, 0.5) is 11.4 Å². The summed E-state index contributed by atoms with van der Waals surface area (Å²) in [4.78, 5) is 4.65. The van der Waals surface area contributed by atoms with E-state index in [4.69, 9.17) is 0 Å². The van der Waals surface area contributed by atoms with Gasteiger partial charge in [-0.3, -0.25) is 4.99 Å². The molecule has 176 valence electrons. The lowest BCUT2D eigenvalue weighted by molar-refractivity contribution is 1.48. The molecule has 0 aliphatic rings. The molecular weight excluding hydrogens is 436 g/mol. The van der Waals surface area contributed by atoms with Gasteiger partial charge in [-0.25, -0.2) is 0 Å². The Morgan fingerprint density at radius 1 is 0.694 bits per heavy atom. The maximum atomic E-state index is 4.65. The van der Waals surface area contributed by atoms with Gasteiger partial charge in [0.1, 0.15) is 0 Å². The molecule has 4 rings (SSSR count). The molecule has 2 nitrogen and oxygen atoms in total. The molecule has 0 aliphatic heterocycles. The molecule has 0 spiro atoms. The number of aliphatic imine (C=N–C) groups is 1. The van der Waals surface area contributed by atoms with Crippen molar-refractivity contribution in [1.82, 2.24) is 0 Å². The monoisotopic (exact) mass is 466 g/mol. The highest BCUT2D eigenvalue weighted by Gasteiger charge is 2.00. The zero-order valence-corrected chi connectivity index (χ0v) is 20.5. The zero-order chi connectivity index (χ0) is 25.0. The number of nitrogens with one attached hydrogen (secondary N) is 1. The molecule has 0 saturated heterocycles. The minimum Gasteiger partial charge on any atom is -0.362 e. The molecule has 0 fully saturated rings. The first-order valence-corrected chi connectivity index (χ1v) is 12.0. The van der Waals surface area contributed by atoms with Gasteiger partial charge in [-0.15, -0.1) is 0 Å². The third-order valence-electron chi connectivity index (χ3n) is 5.78. The quantitative estimate of drug-likeness (QED) is 0.193. The van der Waals surface area contributed by atoms with Gasteiger partial charge < -0.3 is 5.32 Å². The van der Waals surface area contributed by atoms with Crippen molar-refractivity contribution in [3.63, 3.8) is 0 Å². The molecule has 0 atom stereocenters. The van der Waals surface area contributed by atoms with E-state index in [1.165, 1.54) is 16.7 Å². The van der Waals surface area contributed by atoms with Crippen LogP contribution < -0.4 is 5.32 Å². The summed E-state index contributed by atoms with van der Waals surface area (Å²) in [5.74, 6) is 0. The average Bonchev–Trinajstić information content (AvgIpc) is 2.95. The second-order valence-corrected chi connectivity index (χ2v) is 8.19. The third kappa shape index (κ3) is 6.68. The second kappa shape index (κ2) is 12.7. The summed E-state index contributed by atoms with van der Waals surface area (Å²) < 4.78 is 0. The Balaban J connectivity index is 1.44. The van der Waals surface area contributed by atoms with Crippen LogP contribution in [-0.2, 0) is 0 Å². The Morgan fingerprint density at radius 2 is 1.31 bits per heavy atom. The molecule has 4 aromatic carbocycles. The average molecular weight is 467 g/mol. The van der Waals surface area contributed by atoms with E-state index in [-0.39, 0.29) is 0 Å². The highest BCUT2D eigenvalue weighted by molar-refractivity contribution is 5.79. The standard InChI is InChI=1S/C34H30N2/c1-3-27(21-23-35-33-19-11-17-31(25-33)29-13-7-5-8-14-29)28(4-2)22-24-36-34-20-12-18-32(26-34)30-15-9-6-10-16-30/h3-26,36H,1H2,2H3/b24-22-,27-21+,28-4+,35-23?. The van der Waals surface area contributed by atoms with Crippen LogP contribution in [0.3, 0.4) is 0 Å². The van der Waals surface area contributed by atoms with Gasteiger partial charge in [0, 0.05) is 18.1 Å². The Labute approximate surface area is 214 Å². The van der Waals surface area contributed by atoms with Crippen LogP contribution >= 0.6 is 0 Å². The van der Waals surface area contributed by atoms with Crippen molar-refractivity contribution >= 4 is 17.6 Å². The van der Waals surface area contributed by atoms with Crippen molar-refractivity contribution in [2.24, 2.45) is 4.99 Å². The second-order valence-electron chi connectivity index (χ2n) is 8.19. The minimum absolute atomic E-state index is 0.911. The van der Waals surface area contributed by atoms with Gasteiger partial charge in [-0.2, -0.15) is 0 Å². The summed E-state index contributed by atoms with van der Waals surface area (Å²) in [7, 11) is 0. The summed E-state index contributed by atoms with van der Waals surface area (Å²) in [6, 6.07) is 37.3. The van der Waals surface area contributed by atoms with Crippen LogP contribution in [0.5, 0.6) is 0 Å². The lowest BCUT2D eigenvalue weighted by atomic mass is 10.0. The topological polar surface area (TPSA) is 24.4 Å². The number of benzene rings is 4. The number of allylic oxidation sites excluding steroid dienone is 6. The van der Waals surface area contributed by atoms with Gasteiger partial charge in [0.15, 0.2) is 0 Å². The van der Waals surface area contributed by atoms with Crippen molar-refractivity contribution in [1.29, 1.82) is 0 Å². The van der Waals surface area contributed by atoms with E-state index in [0.717, 1.165) is 28.1 Å². The smallest absolute Gasteiger partial charge is 0.0635 e. The van der Waals surface area contributed by atoms with Crippen LogP contribution in [0, 0.1) is 0 Å². The number of anilines is 1. The van der Waals surface area contributed by atoms with Gasteiger partial charge in [-0.1, -0.05) is 104 Å². The van der Waals surface area contributed by atoms with Gasteiger partial charge in [-0.05, 0) is 76.7 Å². The van der Waals surface area contributed by atoms with Gasteiger partial charge >= 0.3 is 0 Å². The van der Waals surface area contributed by atoms with Crippen molar-refractivity contribution < 1.29 is 0 Å². The Hall–Kier alpha value is -4.69. The molecule has 0 aliphatic carbocycles. The van der Waals surface area contributed by atoms with Crippen LogP contribution in [0.15, 0.2) is 162 Å². The highest BCUT2D eigenvalue weighted by atomic mass is 14.8. The van der Waals surface area contributed by atoms with Gasteiger partial charge in [0.2, 0.25) is 0 Å². The number of hydrogen-bond donors (Lipinski definition) is 1. The van der Waals surface area contributed by atoms with Gasteiger partial charge in [0.25, 0.3) is 0 Å². The normalized spacial score (nSPS) is 12.2. The number of rotatable bonds is 9. The fourth-order valence-electron chi connectivity index (χ4n) is 3.89. The SMILES string of the molecule is C=CC(=C\C=Nc1cccc(-c2ccccc2)c1)/C(/C=C\Nc1cccc(-c2ccccc2)c1)=C/C. The lowest BCUT2D eigenvalue weighted by Gasteiger charge is -2.06. The molecule has 0 heterocycles. The van der Waals surface area contributed by atoms with E-state index in [1.807, 2.05) is 74.0 Å². The highest BCUT2D eigenvalue weighted by Crippen LogP contribution is 2.24. The van der Waals surface area contributed by atoms with Crippen molar-refractivity contribution in [2.75, 3.05) is 5.32 Å². The molecule has 1 N–H and O–H groups in total. The summed E-state index contributed by atoms with van der Waals surface area (Å²) in [5.41, 5.74) is 8.71. The molecule has 0 bridgehead atoms. The van der Waals surface area contributed by atoms with Crippen LogP contribution in [0.25, 0.3) is 22.3 Å². The predicted molar refractivity (Wildman–Crippen MR) is 157 cm³/mol. The van der Waals surface area contributed by atoms with E-state index in [9.17, 15) is 0 Å². The first-order chi connectivity index (χ1) is 17.8. The van der Waals surface area contributed by atoms with Crippen molar-refractivity contribution in [2.45, 2.75) is 6.92 Å². The molecule has 0 radical (unpaired) electrons. The summed E-state index contributed by atoms with van der Waals surface area (Å²) >= 11 is 0. The van der Waals surface area contributed by atoms with Gasteiger partial charge in [0.05, 0.1) is 5.69 Å². The largest absolute Gasteiger partial charge is 0.362 e. The Kier molecular flexibility index (Phi) is 8.61. The summed E-state index contributed by atoms with van der Waals surface area (Å²) in [6.07, 6.45) is 11.7. The minimum atomic E-state index is 0.911. The molecule has 0 amide bonds. The maximum Gasteiger partial charge on any atom is 0.0635 e. The summed E-state index contributed by atoms with van der Waals surface area (Å²) in [6.45, 7) is 6.02. The fraction of sp³-hybridized carbons (Fsp3) is 0.0294. The first-order valence-electron chi connectivity index (χ1n) is 12.0. The zero-order valence-electron chi connectivity index (χ0n) is 20.5. The third-order valence-corrected chi connectivity index (χ3v) is 5.78. The number of hydrogen-bond acceptors (Lipinski definition) is 2. The molecule has 4 aromatic rings. The van der Waals surface area contributed by atoms with Crippen LogP contribution in [-0.4, -0.2) is 6.21 Å². The maximum absolute atomic E-state index is 4.65. The van der Waals surface area contributed by atoms with Crippen molar-refractivity contribution in [3.8, 4) is 22.3 Å². The van der Waals surface area contributed by atoms with E-state index in [1.54, 1.807) is 0 Å². The Bertz CT molecular complexity index is 1410. The van der Waals surface area contributed by atoms with E-state index >= 15 is 0 Å². The van der Waals surface area contributed by atoms with Crippen LogP contribution in [0.2, 0.25) is 0 Å². The Morgan fingerprint density at radius 3 is 1.94 bits per heavy atom. The first kappa shape index (κ1) is 24.4. The molecular formula is C34H30N2. The molecule has 0 saturated carbocycles. The molecule has 0 unspecified atom stereocenters. The molecule has 0 aromatic heterocycles. The summed E-state index contributed by atoms with van der Waals surface area (Å²) in [5, 5.41) is 3.39. The van der Waals surface area contributed by atoms with E-state index in [0.29, 0.717) is 0 Å². The molecule has 2 heteroatoms. The van der Waals surface area contributed by atoms with Crippen LogP contribution in [0.1, 0.15) is 6.92 Å².